The smallest absolute Gasteiger partial charge is 0.191 e. The maximum Gasteiger partial charge on any atom is 0.191 e. The lowest BCUT2D eigenvalue weighted by Gasteiger charge is -2.12. The van der Waals surface area contributed by atoms with Gasteiger partial charge >= 0.3 is 0 Å². The highest BCUT2D eigenvalue weighted by Crippen LogP contribution is 2.38. The van der Waals surface area contributed by atoms with Crippen LogP contribution in [0.4, 0.5) is 0 Å². The van der Waals surface area contributed by atoms with Gasteiger partial charge in [0.05, 0.1) is 16.7 Å². The molecule has 0 spiro atoms. The van der Waals surface area contributed by atoms with Crippen molar-refractivity contribution in [1.82, 2.24) is 4.57 Å². The Morgan fingerprint density at radius 2 is 1.27 bits per heavy atom. The van der Waals surface area contributed by atoms with E-state index < -0.39 is 0 Å². The van der Waals surface area contributed by atoms with Crippen molar-refractivity contribution in [1.29, 1.82) is 0 Å². The number of rotatable bonds is 4. The molecule has 0 bridgehead atoms. The van der Waals surface area contributed by atoms with Gasteiger partial charge in [0, 0.05) is 16.2 Å². The van der Waals surface area contributed by atoms with Crippen LogP contribution < -0.4 is 4.18 Å². The van der Waals surface area contributed by atoms with Crippen molar-refractivity contribution in [2.45, 2.75) is 0 Å². The summed E-state index contributed by atoms with van der Waals surface area (Å²) in [5.74, 6) is 0.915. The monoisotopic (exact) mass is 446 g/mol. The van der Waals surface area contributed by atoms with E-state index in [0.717, 1.165) is 5.75 Å². The fraction of sp³-hybridized carbons (Fsp3) is 0.0667. The van der Waals surface area contributed by atoms with Gasteiger partial charge in [0.15, 0.2) is 16.9 Å². The fourth-order valence-corrected chi connectivity index (χ4v) is 5.21. The topological polar surface area (TPSA) is 14.2 Å². The first kappa shape index (κ1) is 20.0. The third-order valence-electron chi connectivity index (χ3n) is 6.11. The Balaban J connectivity index is 1.69. The van der Waals surface area contributed by atoms with Gasteiger partial charge in [-0.2, -0.15) is 0 Å². The number of aromatic nitrogens is 1. The molecule has 33 heavy (non-hydrogen) atoms. The molecular weight excluding hydrogens is 422 g/mol. The van der Waals surface area contributed by atoms with Crippen molar-refractivity contribution in [3.8, 4) is 22.6 Å². The summed E-state index contributed by atoms with van der Waals surface area (Å²) in [5.41, 5.74) is 6.02. The summed E-state index contributed by atoms with van der Waals surface area (Å²) < 4.78 is 8.48. The third kappa shape index (κ3) is 3.46. The molecule has 0 aliphatic carbocycles. The number of nitrogens with zero attached hydrogens (tertiary/aromatic N) is 1. The van der Waals surface area contributed by atoms with Crippen LogP contribution in [0.15, 0.2) is 109 Å². The highest BCUT2D eigenvalue weighted by atomic mass is 32.2. The van der Waals surface area contributed by atoms with Crippen molar-refractivity contribution in [3.05, 3.63) is 109 Å². The van der Waals surface area contributed by atoms with Gasteiger partial charge < -0.3 is 4.57 Å². The molecule has 2 nitrogen and oxygen atoms in total. The molecule has 0 saturated heterocycles. The van der Waals surface area contributed by atoms with Crippen LogP contribution >= 0.6 is 0 Å². The summed E-state index contributed by atoms with van der Waals surface area (Å²) in [6.07, 6.45) is 4.19. The number of hydrogen-bond donors (Lipinski definition) is 0. The SMILES string of the molecule is C[S+](C)Oc1ccc2c(c1)c1cc(-c3ccccc3)ccc1n2-c1cccc2ccccc12. The van der Waals surface area contributed by atoms with Crippen LogP contribution in [-0.2, 0) is 11.2 Å². The van der Waals surface area contributed by atoms with Gasteiger partial charge in [-0.25, -0.2) is 0 Å². The van der Waals surface area contributed by atoms with Crippen LogP contribution in [0.25, 0.3) is 49.4 Å². The molecule has 0 unspecified atom stereocenters. The predicted molar refractivity (Wildman–Crippen MR) is 144 cm³/mol. The molecule has 1 aromatic heterocycles. The van der Waals surface area contributed by atoms with E-state index in [1.807, 2.05) is 0 Å². The molecule has 1 heterocycles. The van der Waals surface area contributed by atoms with Crippen molar-refractivity contribution < 1.29 is 4.18 Å². The molecule has 0 atom stereocenters. The van der Waals surface area contributed by atoms with E-state index in [0.29, 0.717) is 0 Å². The zero-order valence-corrected chi connectivity index (χ0v) is 19.5. The minimum atomic E-state index is -0.132. The third-order valence-corrected chi connectivity index (χ3v) is 6.64. The molecule has 0 N–H and O–H groups in total. The van der Waals surface area contributed by atoms with Gasteiger partial charge in [0.25, 0.3) is 0 Å². The number of benzene rings is 5. The Morgan fingerprint density at radius 3 is 2.09 bits per heavy atom. The maximum atomic E-state index is 6.09. The van der Waals surface area contributed by atoms with E-state index in [1.165, 1.54) is 49.4 Å². The van der Waals surface area contributed by atoms with Gasteiger partial charge in [-0.05, 0) is 52.9 Å². The molecule has 0 aliphatic heterocycles. The molecular formula is C30H24NOS+. The highest BCUT2D eigenvalue weighted by molar-refractivity contribution is 7.91. The van der Waals surface area contributed by atoms with Crippen molar-refractivity contribution in [3.63, 3.8) is 0 Å². The van der Waals surface area contributed by atoms with Crippen molar-refractivity contribution in [2.24, 2.45) is 0 Å². The summed E-state index contributed by atoms with van der Waals surface area (Å²) in [4.78, 5) is 0. The lowest BCUT2D eigenvalue weighted by Crippen LogP contribution is -2.04. The normalized spacial score (nSPS) is 11.6. The van der Waals surface area contributed by atoms with Crippen molar-refractivity contribution >= 4 is 43.8 Å². The van der Waals surface area contributed by atoms with Crippen LogP contribution in [0.2, 0.25) is 0 Å². The second-order valence-corrected chi connectivity index (χ2v) is 10.1. The average Bonchev–Trinajstić information content (AvgIpc) is 3.17. The second kappa shape index (κ2) is 8.02. The van der Waals surface area contributed by atoms with Crippen molar-refractivity contribution in [2.75, 3.05) is 12.5 Å². The number of hydrogen-bond acceptors (Lipinski definition) is 1. The van der Waals surface area contributed by atoms with E-state index in [9.17, 15) is 0 Å². The van der Waals surface area contributed by atoms with Crippen LogP contribution in [0.3, 0.4) is 0 Å². The summed E-state index contributed by atoms with van der Waals surface area (Å²) in [6.45, 7) is 0. The summed E-state index contributed by atoms with van der Waals surface area (Å²) in [7, 11) is 0. The fourth-order valence-electron chi connectivity index (χ4n) is 4.72. The van der Waals surface area contributed by atoms with E-state index in [2.05, 4.69) is 126 Å². The molecule has 160 valence electrons. The van der Waals surface area contributed by atoms with Gasteiger partial charge in [-0.3, -0.25) is 4.18 Å². The standard InChI is InChI=1S/C30H24NOS/c1-33(2)32-24-16-18-30-27(20-24)26-19-23(21-9-4-3-5-10-21)15-17-29(26)31(30)28-14-8-12-22-11-6-7-13-25(22)28/h3-20H,1-2H3/q+1. The lowest BCUT2D eigenvalue weighted by atomic mass is 10.0. The Morgan fingerprint density at radius 1 is 0.576 bits per heavy atom. The van der Waals surface area contributed by atoms with E-state index in [1.54, 1.807) is 0 Å². The maximum absolute atomic E-state index is 6.09. The molecule has 3 heteroatoms. The Labute approximate surface area is 196 Å². The largest absolute Gasteiger partial charge is 0.309 e. The van der Waals surface area contributed by atoms with Gasteiger partial charge in [-0.1, -0.05) is 72.8 Å². The van der Waals surface area contributed by atoms with Gasteiger partial charge in [0.2, 0.25) is 0 Å². The highest BCUT2D eigenvalue weighted by Gasteiger charge is 2.17. The average molecular weight is 447 g/mol. The first-order valence-corrected chi connectivity index (χ1v) is 13.0. The Kier molecular flexibility index (Phi) is 4.85. The molecule has 0 aliphatic rings. The summed E-state index contributed by atoms with van der Waals surface area (Å²) >= 11 is -0.132. The van der Waals surface area contributed by atoms with Gasteiger partial charge in [0.1, 0.15) is 12.5 Å². The molecule has 5 aromatic carbocycles. The first-order chi connectivity index (χ1) is 16.2. The molecule has 0 amide bonds. The zero-order chi connectivity index (χ0) is 22.4. The lowest BCUT2D eigenvalue weighted by molar-refractivity contribution is 0.636. The zero-order valence-electron chi connectivity index (χ0n) is 18.7. The summed E-state index contributed by atoms with van der Waals surface area (Å²) in [6, 6.07) is 39.0. The van der Waals surface area contributed by atoms with Gasteiger partial charge in [-0.15, -0.1) is 0 Å². The molecule has 6 aromatic rings. The molecule has 0 saturated carbocycles. The van der Waals surface area contributed by atoms with E-state index in [4.69, 9.17) is 4.18 Å². The minimum Gasteiger partial charge on any atom is -0.309 e. The molecule has 6 rings (SSSR count). The van der Waals surface area contributed by atoms with Crippen LogP contribution in [-0.4, -0.2) is 17.1 Å². The second-order valence-electron chi connectivity index (χ2n) is 8.44. The Hall–Kier alpha value is -3.69. The van der Waals surface area contributed by atoms with Crippen LogP contribution in [0, 0.1) is 0 Å². The van der Waals surface area contributed by atoms with Crippen LogP contribution in [0.1, 0.15) is 0 Å². The number of fused-ring (bicyclic) bond motifs is 4. The predicted octanol–water partition coefficient (Wildman–Crippen LogP) is 7.78. The molecule has 0 fully saturated rings. The molecule has 0 radical (unpaired) electrons. The van der Waals surface area contributed by atoms with E-state index >= 15 is 0 Å². The quantitative estimate of drug-likeness (QED) is 0.252. The minimum absolute atomic E-state index is 0.132. The van der Waals surface area contributed by atoms with E-state index in [-0.39, 0.29) is 11.2 Å². The van der Waals surface area contributed by atoms with Crippen LogP contribution in [0.5, 0.6) is 5.75 Å². The summed E-state index contributed by atoms with van der Waals surface area (Å²) in [5, 5.41) is 4.93. The Bertz CT molecular complexity index is 1610. The first-order valence-electron chi connectivity index (χ1n) is 11.1.